The second-order valence-corrected chi connectivity index (χ2v) is 6.11. The summed E-state index contributed by atoms with van der Waals surface area (Å²) in [6, 6.07) is 9.77. The van der Waals surface area contributed by atoms with E-state index in [2.05, 4.69) is 19.9 Å². The van der Waals surface area contributed by atoms with E-state index < -0.39 is 12.8 Å². The van der Waals surface area contributed by atoms with Gasteiger partial charge in [-0.05, 0) is 18.6 Å². The monoisotopic (exact) mass is 501 g/mol. The highest BCUT2D eigenvalue weighted by Gasteiger charge is 2.27. The Morgan fingerprint density at radius 1 is 1.22 bits per heavy atom. The van der Waals surface area contributed by atoms with Crippen LogP contribution in [0.3, 0.4) is 0 Å². The fourth-order valence-corrected chi connectivity index (χ4v) is 2.77. The van der Waals surface area contributed by atoms with E-state index in [0.29, 0.717) is 13.0 Å². The fraction of sp³-hybridized carbons (Fsp3) is 0.611. The lowest BCUT2D eigenvalue weighted by molar-refractivity contribution is -0.173. The number of hydrogen-bond acceptors (Lipinski definition) is 3. The topological polar surface area (TPSA) is 46.1 Å². The van der Waals surface area contributed by atoms with E-state index in [9.17, 15) is 13.2 Å². The molecule has 1 aliphatic rings. The zero-order valence-corrected chi connectivity index (χ0v) is 17.7. The molecule has 1 heterocycles. The van der Waals surface area contributed by atoms with E-state index in [-0.39, 0.29) is 36.7 Å². The number of halogens is 4. The molecule has 1 N–H and O–H groups in total. The Kier molecular flexibility index (Phi) is 10.8. The van der Waals surface area contributed by atoms with Gasteiger partial charge in [-0.15, -0.1) is 24.0 Å². The third-order valence-corrected chi connectivity index (χ3v) is 4.01. The van der Waals surface area contributed by atoms with Crippen molar-refractivity contribution in [3.05, 3.63) is 30.3 Å². The number of rotatable bonds is 7. The molecule has 5 nitrogen and oxygen atoms in total. The number of para-hydroxylation sites is 1. The lowest BCUT2D eigenvalue weighted by Gasteiger charge is -2.34. The Morgan fingerprint density at radius 3 is 2.48 bits per heavy atom. The molecule has 1 aliphatic heterocycles. The average molecular weight is 501 g/mol. The van der Waals surface area contributed by atoms with Gasteiger partial charge in [0, 0.05) is 46.1 Å². The maximum Gasteiger partial charge on any atom is 0.411 e. The lowest BCUT2D eigenvalue weighted by atomic mass is 10.1. The van der Waals surface area contributed by atoms with Crippen LogP contribution >= 0.6 is 24.0 Å². The van der Waals surface area contributed by atoms with Crippen LogP contribution in [0.1, 0.15) is 19.3 Å². The highest BCUT2D eigenvalue weighted by molar-refractivity contribution is 14.0. The molecule has 9 heteroatoms. The molecule has 2 rings (SSSR count). The third-order valence-electron chi connectivity index (χ3n) is 4.01. The van der Waals surface area contributed by atoms with Crippen LogP contribution in [0.2, 0.25) is 0 Å². The molecule has 0 unspecified atom stereocenters. The van der Waals surface area contributed by atoms with Gasteiger partial charge in [0.1, 0.15) is 18.5 Å². The van der Waals surface area contributed by atoms with Gasteiger partial charge < -0.3 is 19.7 Å². The van der Waals surface area contributed by atoms with Gasteiger partial charge in [-0.1, -0.05) is 18.2 Å². The summed E-state index contributed by atoms with van der Waals surface area (Å²) in [5.41, 5.74) is 0. The molecular formula is C18H27F3IN3O2. The maximum atomic E-state index is 12.0. The van der Waals surface area contributed by atoms with Gasteiger partial charge in [0.05, 0.1) is 0 Å². The van der Waals surface area contributed by atoms with Crippen molar-refractivity contribution >= 4 is 29.9 Å². The van der Waals surface area contributed by atoms with Crippen molar-refractivity contribution in [1.29, 1.82) is 0 Å². The van der Waals surface area contributed by atoms with Crippen LogP contribution in [-0.4, -0.2) is 63.0 Å². The number of likely N-dealkylation sites (tertiary alicyclic amines) is 1. The molecule has 0 aromatic heterocycles. The van der Waals surface area contributed by atoms with E-state index in [0.717, 1.165) is 37.6 Å². The van der Waals surface area contributed by atoms with Crippen molar-refractivity contribution in [2.75, 3.05) is 39.9 Å². The molecule has 1 aromatic rings. The predicted molar refractivity (Wildman–Crippen MR) is 110 cm³/mol. The van der Waals surface area contributed by atoms with Gasteiger partial charge in [-0.25, -0.2) is 0 Å². The maximum absolute atomic E-state index is 12.0. The number of hydrogen-bond donors (Lipinski definition) is 1. The summed E-state index contributed by atoms with van der Waals surface area (Å²) >= 11 is 0. The average Bonchev–Trinajstić information content (AvgIpc) is 2.62. The van der Waals surface area contributed by atoms with Gasteiger partial charge in [0.25, 0.3) is 0 Å². The first-order valence-corrected chi connectivity index (χ1v) is 8.80. The van der Waals surface area contributed by atoms with Gasteiger partial charge in [0.2, 0.25) is 0 Å². The molecule has 1 aromatic carbocycles. The molecule has 27 heavy (non-hydrogen) atoms. The minimum atomic E-state index is -4.27. The summed E-state index contributed by atoms with van der Waals surface area (Å²) in [5, 5.41) is 3.18. The Balaban J connectivity index is 0.00000364. The second-order valence-electron chi connectivity index (χ2n) is 6.11. The summed E-state index contributed by atoms with van der Waals surface area (Å²) in [6.45, 7) is 1.03. The standard InChI is InChI=1S/C18H26F3N3O2.HI/c1-22-17(23-10-5-13-25-14-18(19,20)21)24-11-8-16(9-12-24)26-15-6-3-2-4-7-15;/h2-4,6-7,16H,5,8-14H2,1H3,(H,22,23);1H. The zero-order chi connectivity index (χ0) is 18.8. The third kappa shape index (κ3) is 9.50. The van der Waals surface area contributed by atoms with Crippen molar-refractivity contribution < 1.29 is 22.6 Å². The minimum absolute atomic E-state index is 0. The number of piperidine rings is 1. The quantitative estimate of drug-likeness (QED) is 0.268. The van der Waals surface area contributed by atoms with Crippen LogP contribution in [0.15, 0.2) is 35.3 Å². The Bertz CT molecular complexity index is 551. The first-order valence-electron chi connectivity index (χ1n) is 8.80. The molecule has 0 aliphatic carbocycles. The summed E-state index contributed by atoms with van der Waals surface area (Å²) in [4.78, 5) is 6.39. The van der Waals surface area contributed by atoms with Crippen LogP contribution in [0.4, 0.5) is 13.2 Å². The molecule has 1 saturated heterocycles. The molecule has 0 amide bonds. The van der Waals surface area contributed by atoms with Crippen LogP contribution in [0, 0.1) is 0 Å². The zero-order valence-electron chi connectivity index (χ0n) is 15.4. The second kappa shape index (κ2) is 12.3. The van der Waals surface area contributed by atoms with Crippen molar-refractivity contribution in [2.45, 2.75) is 31.5 Å². The van der Waals surface area contributed by atoms with Gasteiger partial charge in [-0.2, -0.15) is 13.2 Å². The minimum Gasteiger partial charge on any atom is -0.490 e. The Morgan fingerprint density at radius 2 is 1.89 bits per heavy atom. The first-order chi connectivity index (χ1) is 12.5. The van der Waals surface area contributed by atoms with Gasteiger partial charge >= 0.3 is 6.18 Å². The highest BCUT2D eigenvalue weighted by atomic mass is 127. The molecule has 0 atom stereocenters. The van der Waals surface area contributed by atoms with E-state index in [1.807, 2.05) is 30.3 Å². The molecule has 0 saturated carbocycles. The number of benzene rings is 1. The van der Waals surface area contributed by atoms with E-state index in [1.165, 1.54) is 0 Å². The van der Waals surface area contributed by atoms with Crippen LogP contribution in [0.5, 0.6) is 5.75 Å². The fourth-order valence-electron chi connectivity index (χ4n) is 2.77. The van der Waals surface area contributed by atoms with E-state index in [1.54, 1.807) is 7.05 Å². The van der Waals surface area contributed by atoms with Gasteiger partial charge in [-0.3, -0.25) is 4.99 Å². The smallest absolute Gasteiger partial charge is 0.411 e. The van der Waals surface area contributed by atoms with Crippen molar-refractivity contribution in [1.82, 2.24) is 10.2 Å². The largest absolute Gasteiger partial charge is 0.490 e. The molecule has 0 radical (unpaired) electrons. The van der Waals surface area contributed by atoms with Crippen LogP contribution in [-0.2, 0) is 4.74 Å². The van der Waals surface area contributed by atoms with Crippen molar-refractivity contribution in [3.63, 3.8) is 0 Å². The normalized spacial score (nSPS) is 16.0. The van der Waals surface area contributed by atoms with Crippen molar-refractivity contribution in [2.24, 2.45) is 4.99 Å². The number of guanidine groups is 1. The summed E-state index contributed by atoms with van der Waals surface area (Å²) in [5.74, 6) is 1.64. The summed E-state index contributed by atoms with van der Waals surface area (Å²) in [6.07, 6.45) is -1.81. The summed E-state index contributed by atoms with van der Waals surface area (Å²) in [7, 11) is 1.70. The number of nitrogens with one attached hydrogen (secondary N) is 1. The van der Waals surface area contributed by atoms with Crippen LogP contribution < -0.4 is 10.1 Å². The molecule has 1 fully saturated rings. The molecule has 0 bridgehead atoms. The van der Waals surface area contributed by atoms with E-state index >= 15 is 0 Å². The van der Waals surface area contributed by atoms with Crippen LogP contribution in [0.25, 0.3) is 0 Å². The number of ether oxygens (including phenoxy) is 2. The van der Waals surface area contributed by atoms with E-state index in [4.69, 9.17) is 4.74 Å². The summed E-state index contributed by atoms with van der Waals surface area (Å²) < 4.78 is 46.5. The Hall–Kier alpha value is -1.23. The number of alkyl halides is 3. The predicted octanol–water partition coefficient (Wildman–Crippen LogP) is 3.69. The van der Waals surface area contributed by atoms with Crippen molar-refractivity contribution in [3.8, 4) is 5.75 Å². The first kappa shape index (κ1) is 23.8. The highest BCUT2D eigenvalue weighted by Crippen LogP contribution is 2.18. The van der Waals surface area contributed by atoms with Gasteiger partial charge in [0.15, 0.2) is 5.96 Å². The molecule has 0 spiro atoms. The molecular weight excluding hydrogens is 474 g/mol. The Labute approximate surface area is 175 Å². The lowest BCUT2D eigenvalue weighted by Crippen LogP contribution is -2.47. The SMILES string of the molecule is CN=C(NCCCOCC(F)(F)F)N1CCC(Oc2ccccc2)CC1.I. The number of aliphatic imine (C=N–C) groups is 1. The molecule has 154 valence electrons. The number of nitrogens with zero attached hydrogens (tertiary/aromatic N) is 2.